The second-order valence-corrected chi connectivity index (χ2v) is 7.23. The number of rotatable bonds is 4. The van der Waals surface area contributed by atoms with E-state index in [4.69, 9.17) is 28.3 Å². The van der Waals surface area contributed by atoms with Crippen molar-refractivity contribution in [2.75, 3.05) is 5.32 Å². The Morgan fingerprint density at radius 2 is 1.85 bits per heavy atom. The van der Waals surface area contributed by atoms with Crippen LogP contribution in [0.5, 0.6) is 0 Å². The predicted molar refractivity (Wildman–Crippen MR) is 78.4 cm³/mol. The Bertz CT molecular complexity index is 619. The molecule has 0 atom stereocenters. The van der Waals surface area contributed by atoms with Crippen molar-refractivity contribution in [1.82, 2.24) is 0 Å². The number of nitrogens with two attached hydrogens (primary N) is 1. The van der Waals surface area contributed by atoms with Gasteiger partial charge in [-0.3, -0.25) is 4.79 Å². The summed E-state index contributed by atoms with van der Waals surface area (Å²) in [5, 5.41) is 7.71. The molecule has 0 spiro atoms. The number of nitrogens with one attached hydrogen (secondary N) is 1. The summed E-state index contributed by atoms with van der Waals surface area (Å²) < 4.78 is 22.5. The molecular formula is C12H14Cl2N2O3S. The molecule has 8 heteroatoms. The SMILES string of the molecule is NS(=O)(=O)c1cc(Cl)c(NC(=O)CC2CCC2)c(Cl)c1. The van der Waals surface area contributed by atoms with E-state index < -0.39 is 10.0 Å². The highest BCUT2D eigenvalue weighted by Crippen LogP contribution is 2.34. The summed E-state index contributed by atoms with van der Waals surface area (Å²) in [5.41, 5.74) is 0.213. The molecule has 0 saturated heterocycles. The first-order valence-electron chi connectivity index (χ1n) is 6.09. The number of hydrogen-bond donors (Lipinski definition) is 2. The van der Waals surface area contributed by atoms with Crippen LogP contribution in [0.3, 0.4) is 0 Å². The first kappa shape index (κ1) is 15.6. The zero-order valence-electron chi connectivity index (χ0n) is 10.5. The molecule has 0 aliphatic heterocycles. The van der Waals surface area contributed by atoms with E-state index in [1.807, 2.05) is 0 Å². The molecule has 1 fully saturated rings. The van der Waals surface area contributed by atoms with Crippen LogP contribution in [0.1, 0.15) is 25.7 Å². The third-order valence-electron chi connectivity index (χ3n) is 3.31. The summed E-state index contributed by atoms with van der Waals surface area (Å²) in [6, 6.07) is 2.34. The lowest BCUT2D eigenvalue weighted by atomic mass is 9.83. The van der Waals surface area contributed by atoms with Crippen LogP contribution in [0, 0.1) is 5.92 Å². The molecule has 1 aromatic rings. The molecule has 5 nitrogen and oxygen atoms in total. The minimum atomic E-state index is -3.89. The zero-order chi connectivity index (χ0) is 14.9. The first-order chi connectivity index (χ1) is 9.27. The largest absolute Gasteiger partial charge is 0.324 e. The Balaban J connectivity index is 2.17. The number of sulfonamides is 1. The van der Waals surface area contributed by atoms with Crippen molar-refractivity contribution in [1.29, 1.82) is 0 Å². The van der Waals surface area contributed by atoms with Gasteiger partial charge in [0.15, 0.2) is 0 Å². The van der Waals surface area contributed by atoms with Crippen LogP contribution in [0.15, 0.2) is 17.0 Å². The smallest absolute Gasteiger partial charge is 0.238 e. The summed E-state index contributed by atoms with van der Waals surface area (Å²) >= 11 is 11.9. The summed E-state index contributed by atoms with van der Waals surface area (Å²) in [5.74, 6) is 0.234. The van der Waals surface area contributed by atoms with Crippen LogP contribution in [0.2, 0.25) is 10.0 Å². The fourth-order valence-electron chi connectivity index (χ4n) is 1.98. The molecule has 20 heavy (non-hydrogen) atoms. The van der Waals surface area contributed by atoms with Crippen molar-refractivity contribution in [2.24, 2.45) is 11.1 Å². The first-order valence-corrected chi connectivity index (χ1v) is 8.39. The van der Waals surface area contributed by atoms with Gasteiger partial charge in [-0.15, -0.1) is 0 Å². The Hall–Kier alpha value is -0.820. The molecule has 1 aliphatic rings. The van der Waals surface area contributed by atoms with E-state index in [1.165, 1.54) is 12.1 Å². The lowest BCUT2D eigenvalue weighted by Crippen LogP contribution is -2.21. The van der Waals surface area contributed by atoms with Gasteiger partial charge in [-0.25, -0.2) is 13.6 Å². The van der Waals surface area contributed by atoms with E-state index in [0.29, 0.717) is 12.3 Å². The quantitative estimate of drug-likeness (QED) is 0.885. The van der Waals surface area contributed by atoms with Gasteiger partial charge >= 0.3 is 0 Å². The highest BCUT2D eigenvalue weighted by Gasteiger charge is 2.22. The summed E-state index contributed by atoms with van der Waals surface area (Å²) in [6.45, 7) is 0. The molecule has 3 N–H and O–H groups in total. The second kappa shape index (κ2) is 5.89. The predicted octanol–water partition coefficient (Wildman–Crippen LogP) is 2.77. The van der Waals surface area contributed by atoms with Gasteiger partial charge in [0.25, 0.3) is 0 Å². The summed E-state index contributed by atoms with van der Waals surface area (Å²) in [6.07, 6.45) is 3.69. The van der Waals surface area contributed by atoms with Gasteiger partial charge in [-0.2, -0.15) is 0 Å². The van der Waals surface area contributed by atoms with Crippen LogP contribution in [0.25, 0.3) is 0 Å². The van der Waals surface area contributed by atoms with Crippen LogP contribution >= 0.6 is 23.2 Å². The molecule has 0 aromatic heterocycles. The molecule has 0 heterocycles. The number of hydrogen-bond acceptors (Lipinski definition) is 3. The van der Waals surface area contributed by atoms with Crippen molar-refractivity contribution < 1.29 is 13.2 Å². The Morgan fingerprint density at radius 3 is 2.25 bits per heavy atom. The highest BCUT2D eigenvalue weighted by atomic mass is 35.5. The lowest BCUT2D eigenvalue weighted by molar-refractivity contribution is -0.117. The van der Waals surface area contributed by atoms with E-state index in [0.717, 1.165) is 19.3 Å². The Kier molecular flexibility index (Phi) is 4.59. The minimum Gasteiger partial charge on any atom is -0.324 e. The molecule has 0 bridgehead atoms. The number of anilines is 1. The number of benzene rings is 1. The van der Waals surface area contributed by atoms with Gasteiger partial charge in [-0.1, -0.05) is 29.6 Å². The normalized spacial score (nSPS) is 15.8. The van der Waals surface area contributed by atoms with Gasteiger partial charge in [0, 0.05) is 6.42 Å². The van der Waals surface area contributed by atoms with Crippen LogP contribution in [-0.2, 0) is 14.8 Å². The summed E-state index contributed by atoms with van der Waals surface area (Å²) in [4.78, 5) is 11.6. The van der Waals surface area contributed by atoms with Crippen molar-refractivity contribution >= 4 is 44.8 Å². The van der Waals surface area contributed by atoms with Crippen LogP contribution < -0.4 is 10.5 Å². The van der Waals surface area contributed by atoms with E-state index in [-0.39, 0.29) is 26.5 Å². The number of primary sulfonamides is 1. The molecule has 2 rings (SSSR count). The number of carbonyl (C=O) groups excluding carboxylic acids is 1. The topological polar surface area (TPSA) is 89.3 Å². The monoisotopic (exact) mass is 336 g/mol. The minimum absolute atomic E-state index is 0.0449. The average molecular weight is 337 g/mol. The van der Waals surface area contributed by atoms with Gasteiger partial charge in [0.2, 0.25) is 15.9 Å². The fraction of sp³-hybridized carbons (Fsp3) is 0.417. The molecule has 0 radical (unpaired) electrons. The second-order valence-electron chi connectivity index (χ2n) is 4.86. The van der Waals surface area contributed by atoms with Gasteiger partial charge in [0.05, 0.1) is 20.6 Å². The Morgan fingerprint density at radius 1 is 1.30 bits per heavy atom. The summed E-state index contributed by atoms with van der Waals surface area (Å²) in [7, 11) is -3.89. The molecule has 1 aliphatic carbocycles. The zero-order valence-corrected chi connectivity index (χ0v) is 12.9. The molecule has 1 aromatic carbocycles. The molecule has 110 valence electrons. The number of halogens is 2. The lowest BCUT2D eigenvalue weighted by Gasteiger charge is -2.24. The van der Waals surface area contributed by atoms with Crippen molar-refractivity contribution in [2.45, 2.75) is 30.6 Å². The van der Waals surface area contributed by atoms with E-state index in [9.17, 15) is 13.2 Å². The maximum Gasteiger partial charge on any atom is 0.238 e. The van der Waals surface area contributed by atoms with Gasteiger partial charge < -0.3 is 5.32 Å². The van der Waals surface area contributed by atoms with Crippen molar-refractivity contribution in [3.05, 3.63) is 22.2 Å². The molecular weight excluding hydrogens is 323 g/mol. The van der Waals surface area contributed by atoms with Crippen molar-refractivity contribution in [3.63, 3.8) is 0 Å². The maximum absolute atomic E-state index is 11.8. The Labute approximate surface area is 127 Å². The molecule has 1 amide bonds. The van der Waals surface area contributed by atoms with Crippen LogP contribution in [-0.4, -0.2) is 14.3 Å². The fourth-order valence-corrected chi connectivity index (χ4v) is 3.26. The highest BCUT2D eigenvalue weighted by molar-refractivity contribution is 7.89. The molecule has 1 saturated carbocycles. The maximum atomic E-state index is 11.8. The van der Waals surface area contributed by atoms with Gasteiger partial charge in [-0.05, 0) is 30.9 Å². The standard InChI is InChI=1S/C12H14Cl2N2O3S/c13-9-5-8(20(15,18)19)6-10(14)12(9)16-11(17)4-7-2-1-3-7/h5-7H,1-4H2,(H,16,17)(H2,15,18,19). The third-order valence-corrected chi connectivity index (χ3v) is 4.80. The number of amides is 1. The average Bonchev–Trinajstić information content (AvgIpc) is 2.27. The molecule has 0 unspecified atom stereocenters. The van der Waals surface area contributed by atoms with E-state index in [2.05, 4.69) is 5.32 Å². The third kappa shape index (κ3) is 3.63. The van der Waals surface area contributed by atoms with E-state index in [1.54, 1.807) is 0 Å². The van der Waals surface area contributed by atoms with Gasteiger partial charge in [0.1, 0.15) is 0 Å². The van der Waals surface area contributed by atoms with Crippen LogP contribution in [0.4, 0.5) is 5.69 Å². The van der Waals surface area contributed by atoms with E-state index >= 15 is 0 Å². The number of carbonyl (C=O) groups is 1. The van der Waals surface area contributed by atoms with Crippen molar-refractivity contribution in [3.8, 4) is 0 Å².